The first kappa shape index (κ1) is 48.7. The number of fused-ring (bicyclic) bond motifs is 2. The minimum Gasteiger partial charge on any atom is -0.494 e. The Morgan fingerprint density at radius 1 is 0.735 bits per heavy atom. The van der Waals surface area contributed by atoms with Gasteiger partial charge in [-0.2, -0.15) is 10.2 Å². The van der Waals surface area contributed by atoms with Gasteiger partial charge in [-0.15, -0.1) is 0 Å². The Labute approximate surface area is 394 Å². The molecule has 4 amide bonds. The van der Waals surface area contributed by atoms with Gasteiger partial charge in [0.05, 0.1) is 29.5 Å². The third-order valence-electron chi connectivity index (χ3n) is 11.4. The highest BCUT2D eigenvalue weighted by Gasteiger charge is 2.24. The Hall–Kier alpha value is -7.21. The zero-order valence-corrected chi connectivity index (χ0v) is 39.7. The van der Waals surface area contributed by atoms with E-state index in [1.807, 2.05) is 38.2 Å². The minimum absolute atomic E-state index is 0.138. The maximum absolute atomic E-state index is 13.9. The second-order valence-electron chi connectivity index (χ2n) is 16.0. The standard InChI is InChI=1S/C45H57N15O7S/c1-7-59-34(21-27(3)53-59)42(63)51-44-49-32-23-29(40(46)61)25-36(66-6)38(32)57(44)16-9-10-17-58-39-33(50-45(58)52-43(64)35-22-28(4)54-60(35)8-2)24-30(41(47)62)26-37(39)67-20-12-11-15-56-18-13-31(14-19-56)55-68(65)48-5/h9-12,21-26,31,48,55H,7-8,13-20H2,1-6H3,(H2,46,61)(H2,47,62)(H,49,51,63)(H,50,52,64)/b10-9+,12-11+. The van der Waals surface area contributed by atoms with Crippen molar-refractivity contribution in [1.82, 2.24) is 53.0 Å². The molecule has 360 valence electrons. The molecule has 0 saturated carbocycles. The van der Waals surface area contributed by atoms with Crippen LogP contribution in [0.1, 0.15) is 79.8 Å². The van der Waals surface area contributed by atoms with Crippen molar-refractivity contribution in [1.29, 1.82) is 0 Å². The molecule has 1 aliphatic rings. The van der Waals surface area contributed by atoms with Gasteiger partial charge in [0.2, 0.25) is 23.7 Å². The highest BCUT2D eigenvalue weighted by atomic mass is 32.2. The Bertz CT molecular complexity index is 2940. The van der Waals surface area contributed by atoms with Crippen molar-refractivity contribution < 1.29 is 32.9 Å². The number of nitrogens with one attached hydrogen (secondary N) is 4. The molecule has 1 saturated heterocycles. The van der Waals surface area contributed by atoms with E-state index in [1.54, 1.807) is 63.7 Å². The van der Waals surface area contributed by atoms with Crippen LogP contribution in [0.2, 0.25) is 0 Å². The van der Waals surface area contributed by atoms with Gasteiger partial charge in [0.1, 0.15) is 40.5 Å². The first-order chi connectivity index (χ1) is 32.7. The van der Waals surface area contributed by atoms with E-state index in [0.717, 1.165) is 25.9 Å². The number of nitrogens with zero attached hydrogens (tertiary/aromatic N) is 9. The lowest BCUT2D eigenvalue weighted by Crippen LogP contribution is -2.45. The van der Waals surface area contributed by atoms with E-state index >= 15 is 0 Å². The van der Waals surface area contributed by atoms with E-state index in [9.17, 15) is 23.4 Å². The lowest BCUT2D eigenvalue weighted by Gasteiger charge is -2.31. The van der Waals surface area contributed by atoms with Crippen LogP contribution >= 0.6 is 0 Å². The number of methoxy groups -OCH3 is 1. The van der Waals surface area contributed by atoms with E-state index in [-0.39, 0.29) is 48.8 Å². The van der Waals surface area contributed by atoms with Crippen LogP contribution in [0.4, 0.5) is 11.9 Å². The first-order valence-electron chi connectivity index (χ1n) is 22.2. The fourth-order valence-electron chi connectivity index (χ4n) is 8.06. The van der Waals surface area contributed by atoms with Gasteiger partial charge in [-0.1, -0.05) is 24.3 Å². The molecule has 68 heavy (non-hydrogen) atoms. The normalized spacial score (nSPS) is 14.1. The van der Waals surface area contributed by atoms with Crippen molar-refractivity contribution in [2.75, 3.05) is 51.0 Å². The number of nitrogens with two attached hydrogens (primary N) is 2. The molecule has 22 nitrogen and oxygen atoms in total. The largest absolute Gasteiger partial charge is 0.494 e. The summed E-state index contributed by atoms with van der Waals surface area (Å²) in [5.41, 5.74) is 15.5. The number of piperidine rings is 1. The van der Waals surface area contributed by atoms with E-state index in [0.29, 0.717) is 76.0 Å². The molecule has 4 aromatic heterocycles. The molecule has 8 N–H and O–H groups in total. The lowest BCUT2D eigenvalue weighted by molar-refractivity contribution is 0.0991. The number of anilines is 2. The number of imidazole rings is 2. The summed E-state index contributed by atoms with van der Waals surface area (Å²) in [4.78, 5) is 64.3. The summed E-state index contributed by atoms with van der Waals surface area (Å²) in [6, 6.07) is 9.69. The smallest absolute Gasteiger partial charge is 0.276 e. The summed E-state index contributed by atoms with van der Waals surface area (Å²) in [7, 11) is 3.11. The van der Waals surface area contributed by atoms with Crippen molar-refractivity contribution in [3.8, 4) is 11.5 Å². The number of allylic oxidation sites excluding steroid dienone is 2. The molecule has 7 rings (SSSR count). The number of hydrogen-bond acceptors (Lipinski definition) is 12. The highest BCUT2D eigenvalue weighted by Crippen LogP contribution is 2.33. The molecule has 1 atom stereocenters. The molecule has 23 heteroatoms. The molecule has 0 spiro atoms. The van der Waals surface area contributed by atoms with Gasteiger partial charge in [-0.25, -0.2) is 23.6 Å². The molecule has 1 fully saturated rings. The molecular formula is C45H57N15O7S. The average Bonchev–Trinajstić information content (AvgIpc) is 4.09. The minimum atomic E-state index is -1.26. The molecule has 0 aliphatic carbocycles. The van der Waals surface area contributed by atoms with Crippen LogP contribution < -0.4 is 41.0 Å². The summed E-state index contributed by atoms with van der Waals surface area (Å²) in [5, 5.41) is 14.7. The van der Waals surface area contributed by atoms with Crippen LogP contribution in [0.3, 0.4) is 0 Å². The number of amides is 4. The quantitative estimate of drug-likeness (QED) is 0.0568. The Morgan fingerprint density at radius 3 is 1.69 bits per heavy atom. The number of aryl methyl sites for hydroxylation is 4. The summed E-state index contributed by atoms with van der Waals surface area (Å²) in [6.07, 6.45) is 9.31. The molecule has 5 heterocycles. The fraction of sp³-hybridized carbons (Fsp3) is 0.378. The maximum Gasteiger partial charge on any atom is 0.276 e. The highest BCUT2D eigenvalue weighted by molar-refractivity contribution is 7.81. The Balaban J connectivity index is 1.20. The van der Waals surface area contributed by atoms with Gasteiger partial charge in [-0.3, -0.25) is 44.1 Å². The summed E-state index contributed by atoms with van der Waals surface area (Å²) in [6.45, 7) is 11.1. The number of ether oxygens (including phenoxy) is 2. The van der Waals surface area contributed by atoms with Crippen LogP contribution in [-0.2, 0) is 37.4 Å². The predicted molar refractivity (Wildman–Crippen MR) is 258 cm³/mol. The van der Waals surface area contributed by atoms with Gasteiger partial charge < -0.3 is 30.1 Å². The number of rotatable bonds is 21. The van der Waals surface area contributed by atoms with Crippen LogP contribution in [-0.4, -0.2) is 118 Å². The summed E-state index contributed by atoms with van der Waals surface area (Å²) < 4.78 is 36.4. The number of carbonyl (C=O) groups excluding carboxylic acids is 4. The van der Waals surface area contributed by atoms with Gasteiger partial charge in [0, 0.05) is 49.9 Å². The SMILES string of the molecule is CCn1nc(C)cc1C(=O)Nc1nc2cc(C(N)=O)cc(OC)c2n1C/C=C/Cn1c(NC(=O)c2cc(C)nn2CC)nc2cc(C(N)=O)cc(OC/C=C/CN3CCC(NS(=O)NC)CC3)c21. The van der Waals surface area contributed by atoms with Crippen molar-refractivity contribution >= 4 is 68.8 Å². The van der Waals surface area contributed by atoms with E-state index in [1.165, 1.54) is 19.2 Å². The van der Waals surface area contributed by atoms with Crippen molar-refractivity contribution in [2.24, 2.45) is 11.5 Å². The summed E-state index contributed by atoms with van der Waals surface area (Å²) >= 11 is -1.26. The number of primary amides is 2. The number of likely N-dealkylation sites (tertiary alicyclic amines) is 1. The van der Waals surface area contributed by atoms with Gasteiger partial charge in [-0.05, 0) is 97.1 Å². The van der Waals surface area contributed by atoms with Crippen LogP contribution in [0.15, 0.2) is 60.7 Å². The molecule has 0 radical (unpaired) electrons. The van der Waals surface area contributed by atoms with Crippen LogP contribution in [0.25, 0.3) is 22.1 Å². The predicted octanol–water partition coefficient (Wildman–Crippen LogP) is 3.19. The Kier molecular flexibility index (Phi) is 15.5. The fourth-order valence-corrected chi connectivity index (χ4v) is 8.72. The molecule has 0 bridgehead atoms. The maximum atomic E-state index is 13.9. The van der Waals surface area contributed by atoms with Gasteiger partial charge in [0.25, 0.3) is 11.8 Å². The number of benzene rings is 2. The summed E-state index contributed by atoms with van der Waals surface area (Å²) in [5.74, 6) is -1.30. The van der Waals surface area contributed by atoms with Gasteiger partial charge >= 0.3 is 0 Å². The number of carbonyl (C=O) groups is 4. The lowest BCUT2D eigenvalue weighted by atomic mass is 10.1. The van der Waals surface area contributed by atoms with Gasteiger partial charge in [0.15, 0.2) is 11.2 Å². The van der Waals surface area contributed by atoms with Crippen molar-refractivity contribution in [3.63, 3.8) is 0 Å². The Morgan fingerprint density at radius 2 is 1.22 bits per heavy atom. The molecule has 6 aromatic rings. The molecular weight excluding hydrogens is 895 g/mol. The number of hydrogen-bond donors (Lipinski definition) is 6. The third kappa shape index (κ3) is 11.0. The van der Waals surface area contributed by atoms with Crippen LogP contribution in [0, 0.1) is 13.8 Å². The van der Waals surface area contributed by atoms with Crippen molar-refractivity contribution in [3.05, 3.63) is 94.6 Å². The second kappa shape index (κ2) is 21.6. The topological polar surface area (TPSA) is 278 Å². The molecule has 1 aliphatic heterocycles. The van der Waals surface area contributed by atoms with E-state index < -0.39 is 34.8 Å². The first-order valence-corrected chi connectivity index (χ1v) is 23.3. The van der Waals surface area contributed by atoms with Crippen LogP contribution in [0.5, 0.6) is 11.5 Å². The third-order valence-corrected chi connectivity index (χ3v) is 12.3. The van der Waals surface area contributed by atoms with Crippen molar-refractivity contribution in [2.45, 2.75) is 72.8 Å². The molecule has 2 aromatic carbocycles. The monoisotopic (exact) mass is 951 g/mol. The van der Waals surface area contributed by atoms with E-state index in [4.69, 9.17) is 30.9 Å². The second-order valence-corrected chi connectivity index (χ2v) is 17.2. The van der Waals surface area contributed by atoms with E-state index in [2.05, 4.69) is 35.2 Å². The average molecular weight is 952 g/mol. The zero-order chi connectivity index (χ0) is 48.6. The number of aromatic nitrogens is 8. The molecule has 1 unspecified atom stereocenters. The zero-order valence-electron chi connectivity index (χ0n) is 38.9.